The SMILES string of the molecule is Cc1ccc2c(c1)C[C@@H](C)C1C2CCC2(C)C(O)CCC12. The lowest BCUT2D eigenvalue weighted by molar-refractivity contribution is -0.0356. The van der Waals surface area contributed by atoms with Gasteiger partial charge in [0.1, 0.15) is 0 Å². The zero-order valence-electron chi connectivity index (χ0n) is 13.6. The highest BCUT2D eigenvalue weighted by Gasteiger charge is 2.55. The second-order valence-electron chi connectivity index (χ2n) is 8.31. The third-order valence-corrected chi connectivity index (χ3v) is 7.18. The van der Waals surface area contributed by atoms with E-state index in [1.807, 2.05) is 0 Å². The quantitative estimate of drug-likeness (QED) is 0.746. The molecule has 2 fully saturated rings. The van der Waals surface area contributed by atoms with Gasteiger partial charge >= 0.3 is 0 Å². The number of aliphatic hydroxyl groups excluding tert-OH is 1. The molecule has 1 aromatic carbocycles. The van der Waals surface area contributed by atoms with Crippen LogP contribution in [0.4, 0.5) is 0 Å². The van der Waals surface area contributed by atoms with Crippen molar-refractivity contribution in [1.29, 1.82) is 0 Å². The molecule has 114 valence electrons. The van der Waals surface area contributed by atoms with Crippen molar-refractivity contribution in [1.82, 2.24) is 0 Å². The average molecular weight is 284 g/mol. The van der Waals surface area contributed by atoms with E-state index in [0.717, 1.165) is 30.1 Å². The van der Waals surface area contributed by atoms with Gasteiger partial charge in [0.25, 0.3) is 0 Å². The Kier molecular flexibility index (Phi) is 3.02. The van der Waals surface area contributed by atoms with Crippen LogP contribution >= 0.6 is 0 Å². The van der Waals surface area contributed by atoms with Crippen LogP contribution in [-0.4, -0.2) is 11.2 Å². The van der Waals surface area contributed by atoms with Crippen LogP contribution in [0.2, 0.25) is 0 Å². The van der Waals surface area contributed by atoms with E-state index in [9.17, 15) is 5.11 Å². The molecule has 0 amide bonds. The molecule has 0 radical (unpaired) electrons. The first-order chi connectivity index (χ1) is 10.0. The van der Waals surface area contributed by atoms with E-state index < -0.39 is 0 Å². The van der Waals surface area contributed by atoms with Gasteiger partial charge in [-0.05, 0) is 79.2 Å². The van der Waals surface area contributed by atoms with Crippen LogP contribution < -0.4 is 0 Å². The minimum atomic E-state index is -0.0601. The summed E-state index contributed by atoms with van der Waals surface area (Å²) in [5.74, 6) is 3.03. The van der Waals surface area contributed by atoms with Gasteiger partial charge in [-0.1, -0.05) is 37.6 Å². The summed E-state index contributed by atoms with van der Waals surface area (Å²) in [6.07, 6.45) is 5.92. The van der Waals surface area contributed by atoms with Gasteiger partial charge in [0.2, 0.25) is 0 Å². The van der Waals surface area contributed by atoms with E-state index in [1.54, 1.807) is 11.1 Å². The summed E-state index contributed by atoms with van der Waals surface area (Å²) in [7, 11) is 0. The Labute approximate surface area is 128 Å². The van der Waals surface area contributed by atoms with Crippen LogP contribution in [0.25, 0.3) is 0 Å². The zero-order valence-corrected chi connectivity index (χ0v) is 13.6. The average Bonchev–Trinajstić information content (AvgIpc) is 2.74. The number of benzene rings is 1. The van der Waals surface area contributed by atoms with Crippen molar-refractivity contribution in [2.75, 3.05) is 0 Å². The maximum Gasteiger partial charge on any atom is 0.0596 e. The molecule has 0 heterocycles. The minimum Gasteiger partial charge on any atom is -0.393 e. The highest BCUT2D eigenvalue weighted by atomic mass is 16.3. The van der Waals surface area contributed by atoms with Gasteiger partial charge in [-0.3, -0.25) is 0 Å². The van der Waals surface area contributed by atoms with Crippen molar-refractivity contribution in [3.05, 3.63) is 34.9 Å². The van der Waals surface area contributed by atoms with Gasteiger partial charge < -0.3 is 5.11 Å². The molecule has 2 saturated carbocycles. The number of hydrogen-bond acceptors (Lipinski definition) is 1. The maximum atomic E-state index is 10.5. The van der Waals surface area contributed by atoms with E-state index in [2.05, 4.69) is 39.0 Å². The van der Waals surface area contributed by atoms with E-state index in [0.29, 0.717) is 0 Å². The topological polar surface area (TPSA) is 20.2 Å². The predicted molar refractivity (Wildman–Crippen MR) is 86.3 cm³/mol. The zero-order chi connectivity index (χ0) is 14.8. The largest absolute Gasteiger partial charge is 0.393 e. The van der Waals surface area contributed by atoms with E-state index >= 15 is 0 Å². The van der Waals surface area contributed by atoms with Crippen LogP contribution in [0, 0.1) is 30.1 Å². The molecule has 1 N–H and O–H groups in total. The van der Waals surface area contributed by atoms with E-state index in [1.165, 1.54) is 31.2 Å². The number of rotatable bonds is 0. The highest BCUT2D eigenvalue weighted by molar-refractivity contribution is 5.38. The van der Waals surface area contributed by atoms with Gasteiger partial charge in [-0.15, -0.1) is 0 Å². The first kappa shape index (κ1) is 13.8. The Morgan fingerprint density at radius 1 is 1.19 bits per heavy atom. The molecular formula is C20H28O. The van der Waals surface area contributed by atoms with Gasteiger partial charge in [0, 0.05) is 0 Å². The van der Waals surface area contributed by atoms with Crippen LogP contribution in [-0.2, 0) is 6.42 Å². The second kappa shape index (κ2) is 4.59. The molecule has 0 aliphatic heterocycles. The van der Waals surface area contributed by atoms with Crippen LogP contribution in [0.1, 0.15) is 62.1 Å². The van der Waals surface area contributed by atoms with Crippen LogP contribution in [0.15, 0.2) is 18.2 Å². The van der Waals surface area contributed by atoms with Gasteiger partial charge in [0.05, 0.1) is 6.10 Å². The molecular weight excluding hydrogens is 256 g/mol. The first-order valence-corrected chi connectivity index (χ1v) is 8.78. The molecule has 1 aromatic rings. The Balaban J connectivity index is 1.76. The molecule has 1 heteroatoms. The molecule has 5 unspecified atom stereocenters. The van der Waals surface area contributed by atoms with Crippen LogP contribution in [0.5, 0.6) is 0 Å². The lowest BCUT2D eigenvalue weighted by Crippen LogP contribution is -2.46. The second-order valence-corrected chi connectivity index (χ2v) is 8.31. The van der Waals surface area contributed by atoms with Crippen molar-refractivity contribution in [3.63, 3.8) is 0 Å². The summed E-state index contributed by atoms with van der Waals surface area (Å²) in [5.41, 5.74) is 4.83. The number of hydrogen-bond donors (Lipinski definition) is 1. The van der Waals surface area contributed by atoms with Crippen molar-refractivity contribution in [2.45, 2.75) is 64.9 Å². The van der Waals surface area contributed by atoms with E-state index in [4.69, 9.17) is 0 Å². The van der Waals surface area contributed by atoms with E-state index in [-0.39, 0.29) is 11.5 Å². The summed E-state index contributed by atoms with van der Waals surface area (Å²) >= 11 is 0. The maximum absolute atomic E-state index is 10.5. The third-order valence-electron chi connectivity index (χ3n) is 7.18. The standard InChI is InChI=1S/C20H28O/c1-12-4-5-15-14(10-12)11-13(2)19-16(15)8-9-20(3)17(19)6-7-18(20)21/h4-5,10,13,16-19,21H,6-9,11H2,1-3H3/t13-,16?,17?,18?,19?,20?/m1/s1. The fourth-order valence-electron chi connectivity index (χ4n) is 6.08. The smallest absolute Gasteiger partial charge is 0.0596 e. The number of aliphatic hydroxyl groups is 1. The highest BCUT2D eigenvalue weighted by Crippen LogP contribution is 2.62. The Morgan fingerprint density at radius 3 is 2.81 bits per heavy atom. The summed E-state index contributed by atoms with van der Waals surface area (Å²) in [6.45, 7) is 7.03. The molecule has 3 aliphatic rings. The van der Waals surface area contributed by atoms with Crippen molar-refractivity contribution >= 4 is 0 Å². The summed E-state index contributed by atoms with van der Waals surface area (Å²) in [6, 6.07) is 7.12. The van der Waals surface area contributed by atoms with Crippen LogP contribution in [0.3, 0.4) is 0 Å². The molecule has 3 aliphatic carbocycles. The monoisotopic (exact) mass is 284 g/mol. The Morgan fingerprint density at radius 2 is 2.00 bits per heavy atom. The van der Waals surface area contributed by atoms with Gasteiger partial charge in [-0.2, -0.15) is 0 Å². The molecule has 0 saturated heterocycles. The Hall–Kier alpha value is -0.820. The third kappa shape index (κ3) is 1.86. The molecule has 0 bridgehead atoms. The summed E-state index contributed by atoms with van der Waals surface area (Å²) in [4.78, 5) is 0. The molecule has 4 rings (SSSR count). The van der Waals surface area contributed by atoms with Crippen molar-refractivity contribution < 1.29 is 5.11 Å². The van der Waals surface area contributed by atoms with Gasteiger partial charge in [0.15, 0.2) is 0 Å². The molecule has 6 atom stereocenters. The number of aryl methyl sites for hydroxylation is 1. The van der Waals surface area contributed by atoms with Crippen molar-refractivity contribution in [3.8, 4) is 0 Å². The molecule has 1 nitrogen and oxygen atoms in total. The van der Waals surface area contributed by atoms with Gasteiger partial charge in [-0.25, -0.2) is 0 Å². The lowest BCUT2D eigenvalue weighted by atomic mass is 9.53. The lowest BCUT2D eigenvalue weighted by Gasteiger charge is -2.52. The Bertz CT molecular complexity index is 563. The fourth-order valence-corrected chi connectivity index (χ4v) is 6.08. The minimum absolute atomic E-state index is 0.0601. The first-order valence-electron chi connectivity index (χ1n) is 8.78. The summed E-state index contributed by atoms with van der Waals surface area (Å²) < 4.78 is 0. The number of fused-ring (bicyclic) bond motifs is 5. The molecule has 0 aromatic heterocycles. The molecule has 21 heavy (non-hydrogen) atoms. The normalized spacial score (nSPS) is 44.9. The van der Waals surface area contributed by atoms with Crippen molar-refractivity contribution in [2.24, 2.45) is 23.2 Å². The predicted octanol–water partition coefficient (Wildman–Crippen LogP) is 4.46. The fraction of sp³-hybridized carbons (Fsp3) is 0.700. The summed E-state index contributed by atoms with van der Waals surface area (Å²) in [5, 5.41) is 10.5. The molecule has 0 spiro atoms.